The summed E-state index contributed by atoms with van der Waals surface area (Å²) in [4.78, 5) is 29.1. The van der Waals surface area contributed by atoms with E-state index < -0.39 is 9.84 Å². The number of benzene rings is 1. The fourth-order valence-electron chi connectivity index (χ4n) is 3.82. The molecule has 0 radical (unpaired) electrons. The number of rotatable bonds is 4. The van der Waals surface area contributed by atoms with Crippen LogP contribution >= 0.6 is 0 Å². The molecule has 2 fully saturated rings. The van der Waals surface area contributed by atoms with Gasteiger partial charge in [0, 0.05) is 36.8 Å². The van der Waals surface area contributed by atoms with Crippen molar-refractivity contribution in [3.63, 3.8) is 0 Å². The molecule has 2 heterocycles. The van der Waals surface area contributed by atoms with Crippen LogP contribution in [0.1, 0.15) is 53.3 Å². The molecule has 0 saturated carbocycles. The summed E-state index contributed by atoms with van der Waals surface area (Å²) in [6.07, 6.45) is 3.67. The maximum absolute atomic E-state index is 12.9. The molecule has 0 aliphatic carbocycles. The molecule has 6 nitrogen and oxygen atoms in total. The first-order valence-corrected chi connectivity index (χ1v) is 11.1. The topological polar surface area (TPSA) is 74.8 Å². The number of amides is 2. The Morgan fingerprint density at radius 2 is 1.85 bits per heavy atom. The molecule has 2 saturated heterocycles. The predicted molar refractivity (Wildman–Crippen MR) is 100.0 cm³/mol. The molecule has 2 aliphatic rings. The largest absolute Gasteiger partial charge is 0.339 e. The van der Waals surface area contributed by atoms with Gasteiger partial charge in [0.1, 0.15) is 0 Å². The molecule has 26 heavy (non-hydrogen) atoms. The fraction of sp³-hybridized carbons (Fsp3) is 0.579. The van der Waals surface area contributed by atoms with Gasteiger partial charge in [-0.05, 0) is 50.8 Å². The summed E-state index contributed by atoms with van der Waals surface area (Å²) in [5.41, 5.74) is 0.965. The summed E-state index contributed by atoms with van der Waals surface area (Å²) in [6.45, 7) is 3.82. The third-order valence-electron chi connectivity index (χ3n) is 5.25. The predicted octanol–water partition coefficient (Wildman–Crippen LogP) is 1.96. The monoisotopic (exact) mass is 378 g/mol. The normalized spacial score (nSPS) is 22.2. The lowest BCUT2D eigenvalue weighted by Crippen LogP contribution is -2.41. The zero-order chi connectivity index (χ0) is 18.7. The van der Waals surface area contributed by atoms with E-state index in [0.29, 0.717) is 24.1 Å². The number of hydrogen-bond acceptors (Lipinski definition) is 4. The number of hydrogen-bond donors (Lipinski definition) is 0. The Balaban J connectivity index is 1.77. The van der Waals surface area contributed by atoms with Gasteiger partial charge in [-0.2, -0.15) is 0 Å². The van der Waals surface area contributed by atoms with Crippen molar-refractivity contribution >= 4 is 21.7 Å². The maximum atomic E-state index is 12.9. The van der Waals surface area contributed by atoms with Crippen molar-refractivity contribution in [1.82, 2.24) is 9.80 Å². The van der Waals surface area contributed by atoms with Crippen LogP contribution in [0.5, 0.6) is 0 Å². The second-order valence-corrected chi connectivity index (χ2v) is 9.31. The van der Waals surface area contributed by atoms with Crippen molar-refractivity contribution in [1.29, 1.82) is 0 Å². The highest BCUT2D eigenvalue weighted by Gasteiger charge is 2.34. The van der Waals surface area contributed by atoms with Crippen LogP contribution in [0.15, 0.2) is 24.3 Å². The van der Waals surface area contributed by atoms with E-state index in [4.69, 9.17) is 0 Å². The molecule has 1 aromatic carbocycles. The second kappa shape index (κ2) is 7.78. The van der Waals surface area contributed by atoms with Gasteiger partial charge in [-0.25, -0.2) is 8.42 Å². The van der Waals surface area contributed by atoms with Gasteiger partial charge in [0.25, 0.3) is 11.8 Å². The first kappa shape index (κ1) is 18.9. The minimum absolute atomic E-state index is 0.0268. The van der Waals surface area contributed by atoms with Crippen molar-refractivity contribution in [2.24, 2.45) is 0 Å². The van der Waals surface area contributed by atoms with Crippen LogP contribution < -0.4 is 0 Å². The van der Waals surface area contributed by atoms with Gasteiger partial charge in [-0.1, -0.05) is 6.07 Å². The molecule has 2 aliphatic heterocycles. The molecule has 142 valence electrons. The quantitative estimate of drug-likeness (QED) is 0.803. The lowest BCUT2D eigenvalue weighted by atomic mass is 10.1. The highest BCUT2D eigenvalue weighted by atomic mass is 32.2. The van der Waals surface area contributed by atoms with Gasteiger partial charge < -0.3 is 9.80 Å². The third kappa shape index (κ3) is 4.09. The molecule has 7 heteroatoms. The summed E-state index contributed by atoms with van der Waals surface area (Å²) < 4.78 is 23.5. The number of piperidine rings is 1. The molecule has 1 unspecified atom stereocenters. The van der Waals surface area contributed by atoms with Crippen LogP contribution in [0, 0.1) is 0 Å². The Labute approximate surface area is 155 Å². The van der Waals surface area contributed by atoms with Crippen LogP contribution in [0.3, 0.4) is 0 Å². The third-order valence-corrected chi connectivity index (χ3v) is 7.00. The molecular formula is C19H26N2O4S. The van der Waals surface area contributed by atoms with E-state index in [2.05, 4.69) is 0 Å². The van der Waals surface area contributed by atoms with Crippen molar-refractivity contribution in [3.8, 4) is 0 Å². The van der Waals surface area contributed by atoms with Crippen molar-refractivity contribution in [2.45, 2.75) is 38.6 Å². The SMILES string of the molecule is CCN(C(=O)c1cccc(C(=O)N2CCCCC2)c1)C1CCS(=O)(=O)C1. The summed E-state index contributed by atoms with van der Waals surface area (Å²) in [5, 5.41) is 0. The Hall–Kier alpha value is -1.89. The molecule has 1 atom stereocenters. The van der Waals surface area contributed by atoms with Crippen LogP contribution in [0.4, 0.5) is 0 Å². The standard InChI is InChI=1S/C19H26N2O4S/c1-2-21(17-9-12-26(24,25)14-17)19(23)16-8-6-7-15(13-16)18(22)20-10-4-3-5-11-20/h6-8,13,17H,2-5,9-12,14H2,1H3. The molecular weight excluding hydrogens is 352 g/mol. The van der Waals surface area contributed by atoms with Gasteiger partial charge in [-0.3, -0.25) is 9.59 Å². The van der Waals surface area contributed by atoms with E-state index in [-0.39, 0.29) is 29.4 Å². The lowest BCUT2D eigenvalue weighted by molar-refractivity contribution is 0.0708. The Morgan fingerprint density at radius 1 is 1.15 bits per heavy atom. The van der Waals surface area contributed by atoms with Gasteiger partial charge in [0.05, 0.1) is 11.5 Å². The average molecular weight is 378 g/mol. The summed E-state index contributed by atoms with van der Waals surface area (Å²) in [5.74, 6) is -0.0813. The number of likely N-dealkylation sites (tertiary alicyclic amines) is 1. The minimum Gasteiger partial charge on any atom is -0.339 e. The smallest absolute Gasteiger partial charge is 0.254 e. The van der Waals surface area contributed by atoms with E-state index in [0.717, 1.165) is 32.4 Å². The molecule has 3 rings (SSSR count). The highest BCUT2D eigenvalue weighted by molar-refractivity contribution is 7.91. The van der Waals surface area contributed by atoms with Crippen LogP contribution in [0.25, 0.3) is 0 Å². The van der Waals surface area contributed by atoms with Gasteiger partial charge >= 0.3 is 0 Å². The molecule has 0 aromatic heterocycles. The molecule has 0 bridgehead atoms. The molecule has 0 spiro atoms. The van der Waals surface area contributed by atoms with Crippen molar-refractivity contribution in [2.75, 3.05) is 31.1 Å². The summed E-state index contributed by atoms with van der Waals surface area (Å²) in [6, 6.07) is 6.53. The fourth-order valence-corrected chi connectivity index (χ4v) is 5.55. The Bertz CT molecular complexity index is 784. The summed E-state index contributed by atoms with van der Waals surface area (Å²) in [7, 11) is -3.06. The average Bonchev–Trinajstić information content (AvgIpc) is 3.02. The number of sulfone groups is 1. The lowest BCUT2D eigenvalue weighted by Gasteiger charge is -2.28. The zero-order valence-corrected chi connectivity index (χ0v) is 16.0. The van der Waals surface area contributed by atoms with E-state index >= 15 is 0 Å². The molecule has 1 aromatic rings. The first-order valence-electron chi connectivity index (χ1n) is 9.32. The van der Waals surface area contributed by atoms with E-state index in [1.807, 2.05) is 11.8 Å². The zero-order valence-electron chi connectivity index (χ0n) is 15.2. The first-order chi connectivity index (χ1) is 12.4. The molecule has 0 N–H and O–H groups in total. The number of carbonyl (C=O) groups excluding carboxylic acids is 2. The van der Waals surface area contributed by atoms with E-state index in [1.165, 1.54) is 0 Å². The summed E-state index contributed by atoms with van der Waals surface area (Å²) >= 11 is 0. The van der Waals surface area contributed by atoms with Crippen LogP contribution in [-0.4, -0.2) is 67.2 Å². The van der Waals surface area contributed by atoms with Crippen LogP contribution in [-0.2, 0) is 9.84 Å². The van der Waals surface area contributed by atoms with E-state index in [9.17, 15) is 18.0 Å². The van der Waals surface area contributed by atoms with E-state index in [1.54, 1.807) is 29.2 Å². The number of carbonyl (C=O) groups is 2. The van der Waals surface area contributed by atoms with Crippen molar-refractivity contribution in [3.05, 3.63) is 35.4 Å². The van der Waals surface area contributed by atoms with Crippen LogP contribution in [0.2, 0.25) is 0 Å². The minimum atomic E-state index is -3.06. The second-order valence-electron chi connectivity index (χ2n) is 7.08. The van der Waals surface area contributed by atoms with Gasteiger partial charge in [0.2, 0.25) is 0 Å². The van der Waals surface area contributed by atoms with Gasteiger partial charge in [-0.15, -0.1) is 0 Å². The Morgan fingerprint density at radius 3 is 2.46 bits per heavy atom. The maximum Gasteiger partial charge on any atom is 0.254 e. The number of nitrogens with zero attached hydrogens (tertiary/aromatic N) is 2. The Kier molecular flexibility index (Phi) is 5.65. The highest BCUT2D eigenvalue weighted by Crippen LogP contribution is 2.21. The van der Waals surface area contributed by atoms with Gasteiger partial charge in [0.15, 0.2) is 9.84 Å². The van der Waals surface area contributed by atoms with Crippen molar-refractivity contribution < 1.29 is 18.0 Å². The molecule has 2 amide bonds.